The molecular weight excluding hydrogens is 396 g/mol. The van der Waals surface area contributed by atoms with Crippen molar-refractivity contribution < 1.29 is 13.2 Å². The number of hydrogen-bond acceptors (Lipinski definition) is 3. The lowest BCUT2D eigenvalue weighted by Crippen LogP contribution is -2.38. The van der Waals surface area contributed by atoms with E-state index in [1.54, 1.807) is 18.2 Å². The van der Waals surface area contributed by atoms with E-state index < -0.39 is 10.0 Å². The number of carbonyl (C=O) groups is 1. The lowest BCUT2D eigenvalue weighted by atomic mass is 9.99. The Balaban J connectivity index is 1.79. The molecule has 1 fully saturated rings. The average Bonchev–Trinajstić information content (AvgIpc) is 2.74. The van der Waals surface area contributed by atoms with Crippen molar-refractivity contribution in [2.24, 2.45) is 5.92 Å². The number of aryl methyl sites for hydroxylation is 2. The molecule has 2 aromatic rings. The van der Waals surface area contributed by atoms with Crippen LogP contribution in [-0.4, -0.2) is 31.7 Å². The first-order valence-electron chi connectivity index (χ1n) is 10.7. The molecule has 30 heavy (non-hydrogen) atoms. The van der Waals surface area contributed by atoms with Crippen LogP contribution in [0, 0.1) is 19.8 Å². The lowest BCUT2D eigenvalue weighted by molar-refractivity contribution is 0.0935. The first-order valence-corrected chi connectivity index (χ1v) is 12.1. The van der Waals surface area contributed by atoms with E-state index in [1.807, 2.05) is 13.0 Å². The number of amides is 1. The molecule has 0 unspecified atom stereocenters. The van der Waals surface area contributed by atoms with Gasteiger partial charge in [-0.25, -0.2) is 8.42 Å². The van der Waals surface area contributed by atoms with Crippen LogP contribution < -0.4 is 5.32 Å². The minimum atomic E-state index is -3.58. The van der Waals surface area contributed by atoms with Gasteiger partial charge in [0.2, 0.25) is 10.0 Å². The maximum absolute atomic E-state index is 13.0. The summed E-state index contributed by atoms with van der Waals surface area (Å²) in [6.45, 7) is 9.36. The predicted molar refractivity (Wildman–Crippen MR) is 120 cm³/mol. The molecule has 0 aliphatic carbocycles. The highest BCUT2D eigenvalue weighted by Gasteiger charge is 2.28. The van der Waals surface area contributed by atoms with Crippen LogP contribution in [0.5, 0.6) is 0 Å². The number of carbonyl (C=O) groups excluding carboxylic acids is 1. The molecule has 1 atom stereocenters. The normalized spacial score (nSPS) is 16.9. The summed E-state index contributed by atoms with van der Waals surface area (Å²) in [5.41, 5.74) is 3.82. The Labute approximate surface area is 180 Å². The molecule has 0 spiro atoms. The van der Waals surface area contributed by atoms with Crippen LogP contribution in [0.2, 0.25) is 0 Å². The number of benzene rings is 2. The van der Waals surface area contributed by atoms with Crippen molar-refractivity contribution in [3.8, 4) is 0 Å². The topological polar surface area (TPSA) is 66.5 Å². The van der Waals surface area contributed by atoms with Crippen molar-refractivity contribution in [2.75, 3.05) is 13.1 Å². The Morgan fingerprint density at radius 2 is 1.80 bits per heavy atom. The summed E-state index contributed by atoms with van der Waals surface area (Å²) in [5.74, 6) is 0.286. The van der Waals surface area contributed by atoms with Gasteiger partial charge in [0.1, 0.15) is 0 Å². The Bertz CT molecular complexity index is 1010. The van der Waals surface area contributed by atoms with Gasteiger partial charge in [-0.05, 0) is 73.9 Å². The zero-order chi connectivity index (χ0) is 21.9. The second kappa shape index (κ2) is 9.31. The van der Waals surface area contributed by atoms with E-state index in [-0.39, 0.29) is 16.8 Å². The minimum Gasteiger partial charge on any atom is -0.345 e. The molecule has 2 aromatic carbocycles. The van der Waals surface area contributed by atoms with Gasteiger partial charge in [0.15, 0.2) is 0 Å². The van der Waals surface area contributed by atoms with Crippen LogP contribution in [0.4, 0.5) is 0 Å². The lowest BCUT2D eigenvalue weighted by Gasteiger charge is -2.29. The van der Waals surface area contributed by atoms with Gasteiger partial charge in [0.25, 0.3) is 5.91 Å². The Kier molecular flexibility index (Phi) is 6.98. The van der Waals surface area contributed by atoms with E-state index in [2.05, 4.69) is 38.2 Å². The zero-order valence-electron chi connectivity index (χ0n) is 18.3. The summed E-state index contributed by atoms with van der Waals surface area (Å²) in [6.07, 6.45) is 2.49. The van der Waals surface area contributed by atoms with E-state index in [1.165, 1.54) is 21.5 Å². The molecule has 1 amide bonds. The monoisotopic (exact) mass is 428 g/mol. The van der Waals surface area contributed by atoms with E-state index >= 15 is 0 Å². The summed E-state index contributed by atoms with van der Waals surface area (Å²) in [7, 11) is -3.58. The maximum atomic E-state index is 13.0. The first-order chi connectivity index (χ1) is 14.2. The third-order valence-electron chi connectivity index (χ3n) is 6.12. The largest absolute Gasteiger partial charge is 0.345 e. The standard InChI is InChI=1S/C24H32N2O3S/c1-5-23(20-10-9-18(3)19(4)15-20)25-24(27)21-7-6-8-22(16-21)30(28,29)26-13-11-17(2)12-14-26/h6-10,15-17,23H,5,11-14H2,1-4H3,(H,25,27)/t23-/m1/s1. The number of piperidine rings is 1. The molecule has 0 saturated carbocycles. The van der Waals surface area contributed by atoms with Crippen LogP contribution in [0.3, 0.4) is 0 Å². The zero-order valence-corrected chi connectivity index (χ0v) is 19.1. The third-order valence-corrected chi connectivity index (χ3v) is 8.02. The van der Waals surface area contributed by atoms with Crippen molar-refractivity contribution in [3.63, 3.8) is 0 Å². The SMILES string of the molecule is CC[C@@H](NC(=O)c1cccc(S(=O)(=O)N2CCC(C)CC2)c1)c1ccc(C)c(C)c1. The van der Waals surface area contributed by atoms with Crippen LogP contribution >= 0.6 is 0 Å². The number of hydrogen-bond donors (Lipinski definition) is 1. The van der Waals surface area contributed by atoms with Crippen LogP contribution in [-0.2, 0) is 10.0 Å². The fourth-order valence-corrected chi connectivity index (χ4v) is 5.33. The van der Waals surface area contributed by atoms with Crippen molar-refractivity contribution in [3.05, 3.63) is 64.7 Å². The highest BCUT2D eigenvalue weighted by molar-refractivity contribution is 7.89. The van der Waals surface area contributed by atoms with Gasteiger partial charge in [0.05, 0.1) is 10.9 Å². The molecule has 0 bridgehead atoms. The van der Waals surface area contributed by atoms with Gasteiger partial charge < -0.3 is 5.32 Å². The summed E-state index contributed by atoms with van der Waals surface area (Å²) in [4.78, 5) is 13.1. The fraction of sp³-hybridized carbons (Fsp3) is 0.458. The number of nitrogens with zero attached hydrogens (tertiary/aromatic N) is 1. The van der Waals surface area contributed by atoms with Crippen molar-refractivity contribution in [1.82, 2.24) is 9.62 Å². The summed E-state index contributed by atoms with van der Waals surface area (Å²) < 4.78 is 27.6. The minimum absolute atomic E-state index is 0.124. The number of nitrogens with one attached hydrogen (secondary N) is 1. The molecule has 162 valence electrons. The van der Waals surface area contributed by atoms with Gasteiger partial charge in [-0.2, -0.15) is 4.31 Å². The number of sulfonamides is 1. The van der Waals surface area contributed by atoms with Gasteiger partial charge in [-0.3, -0.25) is 4.79 Å². The Hall–Kier alpha value is -2.18. The van der Waals surface area contributed by atoms with Crippen LogP contribution in [0.15, 0.2) is 47.4 Å². The molecule has 1 N–H and O–H groups in total. The molecule has 1 aliphatic heterocycles. The van der Waals surface area contributed by atoms with Crippen molar-refractivity contribution >= 4 is 15.9 Å². The maximum Gasteiger partial charge on any atom is 0.251 e. The fourth-order valence-electron chi connectivity index (χ4n) is 3.82. The second-order valence-corrected chi connectivity index (χ2v) is 10.3. The van der Waals surface area contributed by atoms with Crippen molar-refractivity contribution in [1.29, 1.82) is 0 Å². The molecule has 0 radical (unpaired) electrons. The van der Waals surface area contributed by atoms with Crippen LogP contribution in [0.1, 0.15) is 66.2 Å². The molecular formula is C24H32N2O3S. The molecule has 1 heterocycles. The van der Waals surface area contributed by atoms with Gasteiger partial charge in [0, 0.05) is 18.7 Å². The van der Waals surface area contributed by atoms with Gasteiger partial charge in [-0.1, -0.05) is 38.1 Å². The quantitative estimate of drug-likeness (QED) is 0.731. The van der Waals surface area contributed by atoms with E-state index in [9.17, 15) is 13.2 Å². The Morgan fingerprint density at radius 1 is 1.10 bits per heavy atom. The second-order valence-electron chi connectivity index (χ2n) is 8.39. The van der Waals surface area contributed by atoms with Gasteiger partial charge >= 0.3 is 0 Å². The predicted octanol–water partition coefficient (Wildman–Crippen LogP) is 4.61. The first kappa shape index (κ1) is 22.5. The summed E-state index contributed by atoms with van der Waals surface area (Å²) in [5, 5.41) is 3.06. The van der Waals surface area contributed by atoms with Gasteiger partial charge in [-0.15, -0.1) is 0 Å². The van der Waals surface area contributed by atoms with E-state index in [0.29, 0.717) is 24.6 Å². The number of rotatable bonds is 6. The third kappa shape index (κ3) is 4.93. The average molecular weight is 429 g/mol. The molecule has 1 saturated heterocycles. The molecule has 0 aromatic heterocycles. The smallest absolute Gasteiger partial charge is 0.251 e. The molecule has 3 rings (SSSR count). The van der Waals surface area contributed by atoms with E-state index in [0.717, 1.165) is 24.8 Å². The highest BCUT2D eigenvalue weighted by atomic mass is 32.2. The summed E-state index contributed by atoms with van der Waals surface area (Å²) >= 11 is 0. The summed E-state index contributed by atoms with van der Waals surface area (Å²) in [6, 6.07) is 12.5. The molecule has 6 heteroatoms. The van der Waals surface area contributed by atoms with E-state index in [4.69, 9.17) is 0 Å². The van der Waals surface area contributed by atoms with Crippen LogP contribution in [0.25, 0.3) is 0 Å². The van der Waals surface area contributed by atoms with Crippen molar-refractivity contribution in [2.45, 2.75) is 57.9 Å². The Morgan fingerprint density at radius 3 is 2.43 bits per heavy atom. The molecule has 5 nitrogen and oxygen atoms in total. The highest BCUT2D eigenvalue weighted by Crippen LogP contribution is 2.25. The molecule has 1 aliphatic rings.